The number of hydrogen-bond acceptors (Lipinski definition) is 1. The van der Waals surface area contributed by atoms with Gasteiger partial charge in [-0.25, -0.2) is 0 Å². The molecule has 0 amide bonds. The summed E-state index contributed by atoms with van der Waals surface area (Å²) in [6.07, 6.45) is 8.60. The van der Waals surface area contributed by atoms with Crippen LogP contribution in [0.1, 0.15) is 45.4 Å². The Morgan fingerprint density at radius 2 is 1.75 bits per heavy atom. The van der Waals surface area contributed by atoms with Crippen molar-refractivity contribution in [2.75, 3.05) is 0 Å². The van der Waals surface area contributed by atoms with Gasteiger partial charge in [-0.2, -0.15) is 0 Å². The van der Waals surface area contributed by atoms with Crippen molar-refractivity contribution in [3.63, 3.8) is 0 Å². The summed E-state index contributed by atoms with van der Waals surface area (Å²) in [5.74, 6) is 2.96. The van der Waals surface area contributed by atoms with Gasteiger partial charge in [0.25, 0.3) is 0 Å². The second kappa shape index (κ2) is 3.37. The molecular formula is C11H21N. The second-order valence-corrected chi connectivity index (χ2v) is 4.75. The van der Waals surface area contributed by atoms with Crippen molar-refractivity contribution in [2.24, 2.45) is 23.5 Å². The summed E-state index contributed by atoms with van der Waals surface area (Å²) in [6.45, 7) is 2.33. The van der Waals surface area contributed by atoms with Gasteiger partial charge in [0.15, 0.2) is 0 Å². The third kappa shape index (κ3) is 1.66. The molecule has 2 saturated carbocycles. The van der Waals surface area contributed by atoms with Gasteiger partial charge in [-0.3, -0.25) is 0 Å². The van der Waals surface area contributed by atoms with Crippen LogP contribution in [0.4, 0.5) is 0 Å². The molecule has 2 aliphatic rings. The minimum absolute atomic E-state index is 0.577. The summed E-state index contributed by atoms with van der Waals surface area (Å²) >= 11 is 0. The molecule has 0 bridgehead atoms. The zero-order chi connectivity index (χ0) is 8.55. The SMILES string of the molecule is CCC1CCC(C2CC2N)CC1. The summed E-state index contributed by atoms with van der Waals surface area (Å²) in [7, 11) is 0. The first-order valence-electron chi connectivity index (χ1n) is 5.56. The molecule has 1 nitrogen and oxygen atoms in total. The van der Waals surface area contributed by atoms with Crippen LogP contribution in [-0.2, 0) is 0 Å². The van der Waals surface area contributed by atoms with Crippen LogP contribution in [-0.4, -0.2) is 6.04 Å². The van der Waals surface area contributed by atoms with Crippen LogP contribution < -0.4 is 5.73 Å². The zero-order valence-corrected chi connectivity index (χ0v) is 8.13. The van der Waals surface area contributed by atoms with Crippen molar-refractivity contribution in [2.45, 2.75) is 51.5 Å². The summed E-state index contributed by atoms with van der Waals surface area (Å²) < 4.78 is 0. The average Bonchev–Trinajstić information content (AvgIpc) is 2.83. The van der Waals surface area contributed by atoms with E-state index in [2.05, 4.69) is 6.92 Å². The van der Waals surface area contributed by atoms with Crippen LogP contribution in [0.15, 0.2) is 0 Å². The normalized spacial score (nSPS) is 47.5. The van der Waals surface area contributed by atoms with E-state index in [0.29, 0.717) is 6.04 Å². The monoisotopic (exact) mass is 167 g/mol. The van der Waals surface area contributed by atoms with E-state index in [0.717, 1.165) is 17.8 Å². The largest absolute Gasteiger partial charge is 0.327 e. The Hall–Kier alpha value is -0.0400. The van der Waals surface area contributed by atoms with E-state index in [4.69, 9.17) is 5.73 Å². The minimum atomic E-state index is 0.577. The van der Waals surface area contributed by atoms with Gasteiger partial charge in [-0.1, -0.05) is 26.2 Å². The molecule has 2 rings (SSSR count). The predicted octanol–water partition coefficient (Wildman–Crippen LogP) is 2.55. The van der Waals surface area contributed by atoms with Gasteiger partial charge >= 0.3 is 0 Å². The fourth-order valence-corrected chi connectivity index (χ4v) is 2.80. The smallest absolute Gasteiger partial charge is 0.00737 e. The van der Waals surface area contributed by atoms with E-state index in [1.165, 1.54) is 38.5 Å². The van der Waals surface area contributed by atoms with E-state index in [-0.39, 0.29) is 0 Å². The van der Waals surface area contributed by atoms with Gasteiger partial charge in [0.1, 0.15) is 0 Å². The topological polar surface area (TPSA) is 26.0 Å². The lowest BCUT2D eigenvalue weighted by atomic mass is 9.78. The molecule has 0 radical (unpaired) electrons. The highest BCUT2D eigenvalue weighted by atomic mass is 14.8. The van der Waals surface area contributed by atoms with Crippen molar-refractivity contribution < 1.29 is 0 Å². The van der Waals surface area contributed by atoms with Gasteiger partial charge in [0.2, 0.25) is 0 Å². The Morgan fingerprint density at radius 3 is 2.17 bits per heavy atom. The van der Waals surface area contributed by atoms with Crippen LogP contribution in [0.5, 0.6) is 0 Å². The number of rotatable bonds is 2. The standard InChI is InChI=1S/C11H21N/c1-2-8-3-5-9(6-4-8)10-7-11(10)12/h8-11H,2-7,12H2,1H3. The number of nitrogens with two attached hydrogens (primary N) is 1. The highest BCUT2D eigenvalue weighted by Gasteiger charge is 2.40. The summed E-state index contributed by atoms with van der Waals surface area (Å²) in [5, 5.41) is 0. The lowest BCUT2D eigenvalue weighted by Crippen LogP contribution is -2.18. The van der Waals surface area contributed by atoms with Crippen molar-refractivity contribution in [1.29, 1.82) is 0 Å². The Kier molecular flexibility index (Phi) is 2.40. The molecule has 2 atom stereocenters. The molecule has 70 valence electrons. The summed E-state index contributed by atoms with van der Waals surface area (Å²) in [4.78, 5) is 0. The molecule has 0 aromatic rings. The summed E-state index contributed by atoms with van der Waals surface area (Å²) in [6, 6.07) is 0.577. The minimum Gasteiger partial charge on any atom is -0.327 e. The van der Waals surface area contributed by atoms with Gasteiger partial charge in [-0.05, 0) is 37.0 Å². The second-order valence-electron chi connectivity index (χ2n) is 4.75. The molecule has 1 heteroatoms. The maximum atomic E-state index is 5.86. The molecule has 2 unspecified atom stereocenters. The van der Waals surface area contributed by atoms with Gasteiger partial charge in [0, 0.05) is 6.04 Å². The highest BCUT2D eigenvalue weighted by molar-refractivity contribution is 4.95. The molecule has 0 spiro atoms. The van der Waals surface area contributed by atoms with E-state index in [1.807, 2.05) is 0 Å². The quantitative estimate of drug-likeness (QED) is 0.672. The zero-order valence-electron chi connectivity index (χ0n) is 8.13. The molecule has 2 fully saturated rings. The highest BCUT2D eigenvalue weighted by Crippen LogP contribution is 2.44. The molecule has 2 N–H and O–H groups in total. The van der Waals surface area contributed by atoms with E-state index in [9.17, 15) is 0 Å². The van der Waals surface area contributed by atoms with Crippen molar-refractivity contribution in [3.8, 4) is 0 Å². The Morgan fingerprint density at radius 1 is 1.17 bits per heavy atom. The van der Waals surface area contributed by atoms with E-state index < -0.39 is 0 Å². The Labute approximate surface area is 75.7 Å². The van der Waals surface area contributed by atoms with Gasteiger partial charge in [0.05, 0.1) is 0 Å². The maximum absolute atomic E-state index is 5.86. The molecule has 0 heterocycles. The Bertz CT molecular complexity index is 147. The van der Waals surface area contributed by atoms with Crippen molar-refractivity contribution in [3.05, 3.63) is 0 Å². The Balaban J connectivity index is 1.75. The van der Waals surface area contributed by atoms with E-state index >= 15 is 0 Å². The molecular weight excluding hydrogens is 146 g/mol. The third-order valence-corrected chi connectivity index (χ3v) is 3.97. The molecule has 2 aliphatic carbocycles. The van der Waals surface area contributed by atoms with Gasteiger partial charge in [-0.15, -0.1) is 0 Å². The predicted molar refractivity (Wildman–Crippen MR) is 51.8 cm³/mol. The maximum Gasteiger partial charge on any atom is 0.00737 e. The molecule has 0 aromatic heterocycles. The first kappa shape index (κ1) is 8.55. The van der Waals surface area contributed by atoms with Crippen LogP contribution in [0.2, 0.25) is 0 Å². The van der Waals surface area contributed by atoms with Gasteiger partial charge < -0.3 is 5.73 Å². The van der Waals surface area contributed by atoms with Crippen LogP contribution in [0, 0.1) is 17.8 Å². The van der Waals surface area contributed by atoms with Crippen LogP contribution >= 0.6 is 0 Å². The lowest BCUT2D eigenvalue weighted by molar-refractivity contribution is 0.245. The molecule has 12 heavy (non-hydrogen) atoms. The first-order chi connectivity index (χ1) is 5.81. The lowest BCUT2D eigenvalue weighted by Gasteiger charge is -2.27. The third-order valence-electron chi connectivity index (χ3n) is 3.97. The van der Waals surface area contributed by atoms with Crippen LogP contribution in [0.25, 0.3) is 0 Å². The fraction of sp³-hybridized carbons (Fsp3) is 1.00. The first-order valence-corrected chi connectivity index (χ1v) is 5.56. The van der Waals surface area contributed by atoms with Crippen molar-refractivity contribution in [1.82, 2.24) is 0 Å². The number of hydrogen-bond donors (Lipinski definition) is 1. The average molecular weight is 167 g/mol. The van der Waals surface area contributed by atoms with Crippen LogP contribution in [0.3, 0.4) is 0 Å². The molecule has 0 saturated heterocycles. The fourth-order valence-electron chi connectivity index (χ4n) is 2.80. The van der Waals surface area contributed by atoms with E-state index in [1.54, 1.807) is 0 Å². The van der Waals surface area contributed by atoms with Crippen molar-refractivity contribution >= 4 is 0 Å². The molecule has 0 aromatic carbocycles. The molecule has 0 aliphatic heterocycles. The summed E-state index contributed by atoms with van der Waals surface area (Å²) in [5.41, 5.74) is 5.86.